The molecule has 1 unspecified atom stereocenters. The summed E-state index contributed by atoms with van der Waals surface area (Å²) in [5.41, 5.74) is 1.12. The largest absolute Gasteiger partial charge is 0.356 e. The van der Waals surface area contributed by atoms with Gasteiger partial charge < -0.3 is 15.3 Å². The molecule has 0 radical (unpaired) electrons. The van der Waals surface area contributed by atoms with Crippen LogP contribution in [0.15, 0.2) is 40.4 Å². The van der Waals surface area contributed by atoms with Crippen LogP contribution < -0.4 is 5.01 Å². The predicted molar refractivity (Wildman–Crippen MR) is 54.4 cm³/mol. The van der Waals surface area contributed by atoms with Gasteiger partial charge in [-0.1, -0.05) is 23.3 Å². The minimum absolute atomic E-state index is 0.936. The second-order valence-corrected chi connectivity index (χ2v) is 2.50. The SMILES string of the molecule is C1=NC=N[NH+]1c1ccccc1.O=[N+]([O-])[O-]. The third-order valence-electron chi connectivity index (χ3n) is 1.53. The standard InChI is InChI=1S/C8H7N3.NO3/c1-2-4-8(5-3-1)11-7-9-6-10-11;2-1(3)4/h1-7H;/q;-1/p+1. The fourth-order valence-corrected chi connectivity index (χ4v) is 0.991. The van der Waals surface area contributed by atoms with Gasteiger partial charge in [0.1, 0.15) is 0 Å². The summed E-state index contributed by atoms with van der Waals surface area (Å²) in [6.45, 7) is 0. The molecule has 0 aliphatic carbocycles. The maximum atomic E-state index is 8.25. The zero-order chi connectivity index (χ0) is 11.1. The molecule has 0 aromatic heterocycles. The number of nitrogens with zero attached hydrogens (tertiary/aromatic N) is 3. The van der Waals surface area contributed by atoms with Crippen LogP contribution in [-0.4, -0.2) is 17.8 Å². The lowest BCUT2D eigenvalue weighted by Crippen LogP contribution is -3.00. The highest BCUT2D eigenvalue weighted by Gasteiger charge is 2.09. The lowest BCUT2D eigenvalue weighted by Gasteiger charge is -1.99. The van der Waals surface area contributed by atoms with Crippen molar-refractivity contribution in [3.63, 3.8) is 0 Å². The van der Waals surface area contributed by atoms with Crippen molar-refractivity contribution in [3.05, 3.63) is 45.7 Å². The van der Waals surface area contributed by atoms with Crippen LogP contribution in [0.4, 0.5) is 5.69 Å². The van der Waals surface area contributed by atoms with Gasteiger partial charge in [-0.3, -0.25) is 0 Å². The van der Waals surface area contributed by atoms with Crippen LogP contribution in [-0.2, 0) is 0 Å². The van der Waals surface area contributed by atoms with Gasteiger partial charge in [-0.25, -0.2) is 0 Å². The number of benzene rings is 1. The fourth-order valence-electron chi connectivity index (χ4n) is 0.991. The van der Waals surface area contributed by atoms with Crippen molar-refractivity contribution in [2.75, 3.05) is 0 Å². The van der Waals surface area contributed by atoms with Crippen molar-refractivity contribution in [3.8, 4) is 0 Å². The van der Waals surface area contributed by atoms with Gasteiger partial charge in [0, 0.05) is 12.1 Å². The molecule has 0 fully saturated rings. The van der Waals surface area contributed by atoms with E-state index in [1.54, 1.807) is 12.7 Å². The summed E-state index contributed by atoms with van der Waals surface area (Å²) in [6.07, 6.45) is 3.32. The molecule has 0 saturated carbocycles. The molecule has 7 nitrogen and oxygen atoms in total. The Morgan fingerprint density at radius 2 is 1.80 bits per heavy atom. The van der Waals surface area contributed by atoms with Gasteiger partial charge >= 0.3 is 0 Å². The van der Waals surface area contributed by atoms with Crippen molar-refractivity contribution in [2.24, 2.45) is 10.1 Å². The van der Waals surface area contributed by atoms with Gasteiger partial charge in [0.25, 0.3) is 0 Å². The first-order chi connectivity index (χ1) is 7.20. The van der Waals surface area contributed by atoms with E-state index in [2.05, 4.69) is 10.1 Å². The molecule has 2 rings (SSSR count). The highest BCUT2D eigenvalue weighted by molar-refractivity contribution is 5.70. The number of rotatable bonds is 1. The van der Waals surface area contributed by atoms with E-state index in [0.717, 1.165) is 10.7 Å². The highest BCUT2D eigenvalue weighted by Crippen LogP contribution is 1.97. The summed E-state index contributed by atoms with van der Waals surface area (Å²) < 4.78 is 0. The van der Waals surface area contributed by atoms with E-state index in [0.29, 0.717) is 0 Å². The minimum atomic E-state index is -1.75. The molecule has 1 atom stereocenters. The summed E-state index contributed by atoms with van der Waals surface area (Å²) in [5.74, 6) is 0. The van der Waals surface area contributed by atoms with Crippen LogP contribution >= 0.6 is 0 Å². The third kappa shape index (κ3) is 3.96. The van der Waals surface area contributed by atoms with E-state index < -0.39 is 5.09 Å². The van der Waals surface area contributed by atoms with E-state index in [-0.39, 0.29) is 0 Å². The van der Waals surface area contributed by atoms with Crippen molar-refractivity contribution in [2.45, 2.75) is 0 Å². The summed E-state index contributed by atoms with van der Waals surface area (Å²) in [5, 5.41) is 19.8. The first kappa shape index (κ1) is 10.8. The number of para-hydroxylation sites is 1. The molecular weight excluding hydrogens is 200 g/mol. The van der Waals surface area contributed by atoms with Crippen LogP contribution in [0.1, 0.15) is 0 Å². The van der Waals surface area contributed by atoms with Crippen LogP contribution in [0.3, 0.4) is 0 Å². The second kappa shape index (κ2) is 5.45. The quantitative estimate of drug-likeness (QED) is 0.517. The lowest BCUT2D eigenvalue weighted by atomic mass is 10.3. The van der Waals surface area contributed by atoms with E-state index in [4.69, 9.17) is 15.3 Å². The molecule has 1 aliphatic rings. The Morgan fingerprint density at radius 3 is 2.27 bits per heavy atom. The Kier molecular flexibility index (Phi) is 3.92. The van der Waals surface area contributed by atoms with Gasteiger partial charge in [0.2, 0.25) is 6.34 Å². The highest BCUT2D eigenvalue weighted by atomic mass is 16.9. The Balaban J connectivity index is 0.000000245. The molecule has 0 bridgehead atoms. The molecule has 7 heteroatoms. The molecule has 1 aliphatic heterocycles. The lowest BCUT2D eigenvalue weighted by molar-refractivity contribution is -0.727. The summed E-state index contributed by atoms with van der Waals surface area (Å²) in [4.78, 5) is 12.1. The zero-order valence-electron chi connectivity index (χ0n) is 7.61. The molecule has 1 aromatic carbocycles. The number of nitrogens with one attached hydrogen (secondary N) is 1. The summed E-state index contributed by atoms with van der Waals surface area (Å²) in [6, 6.07) is 10.0. The fraction of sp³-hybridized carbons (Fsp3) is 0. The van der Waals surface area contributed by atoms with E-state index in [9.17, 15) is 0 Å². The molecular formula is C8H8N4O3. The number of hydrogen-bond acceptors (Lipinski definition) is 5. The number of aliphatic imine (C=N–C) groups is 1. The first-order valence-corrected chi connectivity index (χ1v) is 4.00. The van der Waals surface area contributed by atoms with Gasteiger partial charge in [-0.15, -0.1) is 5.01 Å². The van der Waals surface area contributed by atoms with Crippen molar-refractivity contribution < 1.29 is 10.1 Å². The third-order valence-corrected chi connectivity index (χ3v) is 1.53. The molecule has 1 heterocycles. The van der Waals surface area contributed by atoms with Crippen LogP contribution in [0.2, 0.25) is 0 Å². The van der Waals surface area contributed by atoms with Gasteiger partial charge in [-0.2, -0.15) is 4.99 Å². The predicted octanol–water partition coefficient (Wildman–Crippen LogP) is -0.0509. The zero-order valence-corrected chi connectivity index (χ0v) is 7.61. The summed E-state index contributed by atoms with van der Waals surface area (Å²) >= 11 is 0. The topological polar surface area (TPSA) is 95.4 Å². The molecule has 0 amide bonds. The monoisotopic (exact) mass is 208 g/mol. The summed E-state index contributed by atoms with van der Waals surface area (Å²) in [7, 11) is 0. The maximum absolute atomic E-state index is 8.25. The molecule has 15 heavy (non-hydrogen) atoms. The Labute approximate surface area is 85.1 Å². The van der Waals surface area contributed by atoms with Crippen molar-refractivity contribution >= 4 is 18.4 Å². The van der Waals surface area contributed by atoms with Crippen molar-refractivity contribution in [1.29, 1.82) is 0 Å². The molecule has 1 N–H and O–H groups in total. The van der Waals surface area contributed by atoms with E-state index in [1.807, 2.05) is 30.3 Å². The molecule has 0 spiro atoms. The van der Waals surface area contributed by atoms with Crippen LogP contribution in [0, 0.1) is 15.3 Å². The first-order valence-electron chi connectivity index (χ1n) is 4.00. The molecule has 0 saturated heterocycles. The Morgan fingerprint density at radius 1 is 1.20 bits per heavy atom. The minimum Gasteiger partial charge on any atom is -0.356 e. The normalized spacial score (nSPS) is 16.9. The average molecular weight is 208 g/mol. The van der Waals surface area contributed by atoms with Gasteiger partial charge in [0.05, 0.1) is 5.09 Å². The van der Waals surface area contributed by atoms with E-state index >= 15 is 0 Å². The Bertz CT molecular complexity index is 361. The van der Waals surface area contributed by atoms with Gasteiger partial charge in [-0.05, 0) is 0 Å². The molecule has 1 aromatic rings. The van der Waals surface area contributed by atoms with Crippen molar-refractivity contribution in [1.82, 2.24) is 0 Å². The maximum Gasteiger partial charge on any atom is 0.222 e. The van der Waals surface area contributed by atoms with E-state index in [1.165, 1.54) is 0 Å². The number of hydrogen-bond donors (Lipinski definition) is 1. The average Bonchev–Trinajstić information content (AvgIpc) is 2.71. The van der Waals surface area contributed by atoms with Crippen LogP contribution in [0.5, 0.6) is 0 Å². The molecule has 78 valence electrons. The number of quaternary nitrogens is 1. The Hall–Kier alpha value is -2.28. The van der Waals surface area contributed by atoms with Gasteiger partial charge in [0.15, 0.2) is 12.0 Å². The smallest absolute Gasteiger partial charge is 0.222 e. The van der Waals surface area contributed by atoms with Crippen LogP contribution in [0.25, 0.3) is 0 Å². The second-order valence-electron chi connectivity index (χ2n) is 2.50.